The summed E-state index contributed by atoms with van der Waals surface area (Å²) in [6.45, 7) is 0.420. The fraction of sp³-hybridized carbons (Fsp3) is 0.667. The first-order chi connectivity index (χ1) is 7.54. The summed E-state index contributed by atoms with van der Waals surface area (Å²) in [6.07, 6.45) is 0.956. The van der Waals surface area contributed by atoms with Gasteiger partial charge in [-0.25, -0.2) is 4.57 Å². The molecule has 0 amide bonds. The van der Waals surface area contributed by atoms with Gasteiger partial charge in [-0.05, 0) is 12.8 Å². The first kappa shape index (κ1) is 36.7. The number of guanidine groups is 1. The zero-order valence-electron chi connectivity index (χ0n) is 11.8. The molecule has 15 heteroatoms. The molecule has 0 aromatic rings. The molecule has 0 saturated carbocycles. The molecule has 134 valence electrons. The summed E-state index contributed by atoms with van der Waals surface area (Å²) in [4.78, 5) is 35.5. The Bertz CT molecular complexity index is 297. The predicted octanol–water partition coefficient (Wildman–Crippen LogP) is -1.83. The summed E-state index contributed by atoms with van der Waals surface area (Å²) < 4.78 is 8.88. The van der Waals surface area contributed by atoms with Crippen LogP contribution in [0, 0.1) is 0 Å². The molecule has 0 aromatic carbocycles. The summed E-state index contributed by atoms with van der Waals surface area (Å²) in [7, 11) is -4.64. The van der Waals surface area contributed by atoms with Crippen LogP contribution in [0.25, 0.3) is 0 Å². The highest BCUT2D eigenvalue weighted by Crippen LogP contribution is 2.25. The van der Waals surface area contributed by atoms with Crippen LogP contribution in [0.3, 0.4) is 0 Å². The number of hydrogen-bond donors (Lipinski definition) is 11. The van der Waals surface area contributed by atoms with Crippen LogP contribution in [0.5, 0.6) is 0 Å². The van der Waals surface area contributed by atoms with Gasteiger partial charge in [0.2, 0.25) is 0 Å². The second kappa shape index (κ2) is 18.7. The Kier molecular flexibility index (Phi) is 32.6. The average molecular weight is 340 g/mol. The van der Waals surface area contributed by atoms with Crippen LogP contribution >= 0.6 is 7.82 Å². The topological polar surface area (TPSA) is 345 Å². The van der Waals surface area contributed by atoms with Gasteiger partial charge in [0.1, 0.15) is 6.04 Å². The molecule has 0 bridgehead atoms. The Morgan fingerprint density at radius 2 is 1.43 bits per heavy atom. The molecule has 14 nitrogen and oxygen atoms in total. The lowest BCUT2D eigenvalue weighted by atomic mass is 10.2. The number of aliphatic carboxylic acids is 1. The van der Waals surface area contributed by atoms with Crippen molar-refractivity contribution in [2.45, 2.75) is 18.9 Å². The number of aliphatic imine (C=N–C) groups is 1. The molecule has 0 aromatic heterocycles. The van der Waals surface area contributed by atoms with Crippen molar-refractivity contribution in [3.05, 3.63) is 0 Å². The van der Waals surface area contributed by atoms with Crippen molar-refractivity contribution in [3.8, 4) is 0 Å². The molecular weight excluding hydrogens is 311 g/mol. The van der Waals surface area contributed by atoms with Crippen molar-refractivity contribution < 1.29 is 29.1 Å². The zero-order chi connectivity index (χ0) is 14.1. The van der Waals surface area contributed by atoms with Crippen molar-refractivity contribution in [1.29, 1.82) is 0 Å². The molecule has 1 atom stereocenters. The highest BCUT2D eigenvalue weighted by atomic mass is 31.2. The molecule has 0 rings (SSSR count). The summed E-state index contributed by atoms with van der Waals surface area (Å²) in [6, 6.07) is -0.820. The molecule has 22 N–H and O–H groups in total. The summed E-state index contributed by atoms with van der Waals surface area (Å²) in [5.41, 5.74) is 15.3. The average Bonchev–Trinajstić information content (AvgIpc) is 2.08. The Morgan fingerprint density at radius 3 is 1.67 bits per heavy atom. The van der Waals surface area contributed by atoms with Gasteiger partial charge in [0, 0.05) is 6.54 Å². The number of nitrogens with two attached hydrogens (primary N) is 3. The number of nitrogens with zero attached hydrogens (tertiary/aromatic N) is 1. The van der Waals surface area contributed by atoms with E-state index in [9.17, 15) is 4.79 Å². The molecule has 0 spiro atoms. The fourth-order valence-corrected chi connectivity index (χ4v) is 0.643. The van der Waals surface area contributed by atoms with E-state index in [-0.39, 0.29) is 30.6 Å². The van der Waals surface area contributed by atoms with E-state index in [1.807, 2.05) is 0 Å². The predicted molar refractivity (Wildman–Crippen MR) is 79.9 cm³/mol. The number of carboxylic acid groups (broad SMARTS) is 1. The van der Waals surface area contributed by atoms with Crippen molar-refractivity contribution >= 4 is 19.8 Å². The molecule has 0 aliphatic rings. The quantitative estimate of drug-likeness (QED) is 0.113. The molecule has 0 aliphatic heterocycles. The van der Waals surface area contributed by atoms with Crippen LogP contribution in [0.15, 0.2) is 4.99 Å². The highest BCUT2D eigenvalue weighted by molar-refractivity contribution is 7.45. The van der Waals surface area contributed by atoms with Crippen LogP contribution in [0.1, 0.15) is 12.8 Å². The molecule has 0 saturated heterocycles. The smallest absolute Gasteiger partial charge is 0.466 e. The Hall–Kier alpha value is -1.35. The van der Waals surface area contributed by atoms with E-state index >= 15 is 0 Å². The van der Waals surface area contributed by atoms with E-state index in [1.165, 1.54) is 0 Å². The van der Waals surface area contributed by atoms with E-state index < -0.39 is 19.8 Å². The van der Waals surface area contributed by atoms with Gasteiger partial charge in [-0.15, -0.1) is 0 Å². The molecule has 21 heavy (non-hydrogen) atoms. The van der Waals surface area contributed by atoms with E-state index in [2.05, 4.69) is 4.99 Å². The number of carboxylic acids is 1. The van der Waals surface area contributed by atoms with Gasteiger partial charge in [-0.3, -0.25) is 9.79 Å². The van der Waals surface area contributed by atoms with Gasteiger partial charge in [0.05, 0.1) is 0 Å². The zero-order valence-corrected chi connectivity index (χ0v) is 12.7. The molecule has 0 aliphatic carbocycles. The van der Waals surface area contributed by atoms with Gasteiger partial charge in [0.15, 0.2) is 5.96 Å². The SMILES string of the molecule is N.N.N.N.NC(N)=NCCCC(N)C(=O)O.O=P(O)(O)O. The van der Waals surface area contributed by atoms with Gasteiger partial charge in [-0.1, -0.05) is 0 Å². The third-order valence-electron chi connectivity index (χ3n) is 1.28. The van der Waals surface area contributed by atoms with Gasteiger partial charge in [-0.2, -0.15) is 0 Å². The largest absolute Gasteiger partial charge is 0.480 e. The molecule has 0 fully saturated rings. The van der Waals surface area contributed by atoms with Crippen molar-refractivity contribution in [1.82, 2.24) is 24.6 Å². The number of hydrogen-bond acceptors (Lipinski definition) is 8. The number of carbonyl (C=O) groups is 1. The minimum absolute atomic E-state index is 0. The molecular formula is C6H29N8O6P. The van der Waals surface area contributed by atoms with E-state index in [4.69, 9.17) is 41.6 Å². The van der Waals surface area contributed by atoms with E-state index in [1.54, 1.807) is 0 Å². The third-order valence-corrected chi connectivity index (χ3v) is 1.28. The van der Waals surface area contributed by atoms with Crippen molar-refractivity contribution in [2.75, 3.05) is 6.54 Å². The molecule has 0 radical (unpaired) electrons. The van der Waals surface area contributed by atoms with Crippen molar-refractivity contribution in [2.24, 2.45) is 22.2 Å². The maximum absolute atomic E-state index is 10.2. The normalized spacial score (nSPS) is 9.71. The Balaban J connectivity index is -0.0000000552. The van der Waals surface area contributed by atoms with Crippen LogP contribution in [0.4, 0.5) is 0 Å². The lowest BCUT2D eigenvalue weighted by Gasteiger charge is -2.03. The van der Waals surface area contributed by atoms with Gasteiger partial charge >= 0.3 is 13.8 Å². The maximum Gasteiger partial charge on any atom is 0.466 e. The van der Waals surface area contributed by atoms with Crippen LogP contribution < -0.4 is 41.8 Å². The summed E-state index contributed by atoms with van der Waals surface area (Å²) in [5.74, 6) is -0.987. The third kappa shape index (κ3) is 55.5. The second-order valence-electron chi connectivity index (χ2n) is 2.91. The first-order valence-corrected chi connectivity index (χ1v) is 5.92. The maximum atomic E-state index is 10.2. The Morgan fingerprint density at radius 1 is 1.10 bits per heavy atom. The molecule has 0 heterocycles. The summed E-state index contributed by atoms with van der Waals surface area (Å²) >= 11 is 0. The van der Waals surface area contributed by atoms with Crippen LogP contribution in [0.2, 0.25) is 0 Å². The minimum atomic E-state index is -4.64. The minimum Gasteiger partial charge on any atom is -0.480 e. The second-order valence-corrected chi connectivity index (χ2v) is 3.93. The Labute approximate surface area is 122 Å². The lowest BCUT2D eigenvalue weighted by Crippen LogP contribution is -2.30. The standard InChI is InChI=1S/C6H14N4O2.4H3N.H3O4P/c7-4(5(11)12)2-1-3-10-6(8)9;;;;;1-5(2,3)4/h4H,1-3,7H2,(H,11,12)(H4,8,9,10);4*1H3;(H3,1,2,3,4). The van der Waals surface area contributed by atoms with Crippen LogP contribution in [-0.2, 0) is 9.36 Å². The fourth-order valence-electron chi connectivity index (χ4n) is 0.643. The van der Waals surface area contributed by atoms with Gasteiger partial charge < -0.3 is 61.6 Å². The summed E-state index contributed by atoms with van der Waals surface area (Å²) in [5, 5.41) is 8.38. The van der Waals surface area contributed by atoms with Gasteiger partial charge in [0.25, 0.3) is 0 Å². The van der Waals surface area contributed by atoms with E-state index in [0.29, 0.717) is 19.4 Å². The highest BCUT2D eigenvalue weighted by Gasteiger charge is 2.09. The monoisotopic (exact) mass is 340 g/mol. The van der Waals surface area contributed by atoms with Crippen molar-refractivity contribution in [3.63, 3.8) is 0 Å². The molecule has 1 unspecified atom stereocenters. The number of rotatable bonds is 5. The van der Waals surface area contributed by atoms with Crippen LogP contribution in [-0.4, -0.2) is 44.3 Å². The number of phosphoric acid groups is 1. The lowest BCUT2D eigenvalue weighted by molar-refractivity contribution is -0.138. The van der Waals surface area contributed by atoms with E-state index in [0.717, 1.165) is 0 Å². The first-order valence-electron chi connectivity index (χ1n) is 4.36.